The fourth-order valence-electron chi connectivity index (χ4n) is 1.12. The van der Waals surface area contributed by atoms with Gasteiger partial charge in [0.05, 0.1) is 3.92 Å². The molecule has 0 saturated heterocycles. The van der Waals surface area contributed by atoms with Crippen molar-refractivity contribution in [3.05, 3.63) is 16.0 Å². The molecule has 64 valence electrons. The molecule has 1 aliphatic heterocycles. The van der Waals surface area contributed by atoms with Gasteiger partial charge in [0, 0.05) is 12.1 Å². The van der Waals surface area contributed by atoms with E-state index in [-0.39, 0.29) is 5.28 Å². The topological polar surface area (TPSA) is 37.8 Å². The van der Waals surface area contributed by atoms with E-state index in [0.29, 0.717) is 9.08 Å². The first-order valence-corrected chi connectivity index (χ1v) is 5.29. The summed E-state index contributed by atoms with van der Waals surface area (Å²) in [6, 6.07) is 0. The predicted octanol–water partition coefficient (Wildman–Crippen LogP) is 2.69. The van der Waals surface area contributed by atoms with Crippen LogP contribution in [-0.4, -0.2) is 16.5 Å². The molecule has 0 saturated carbocycles. The summed E-state index contributed by atoms with van der Waals surface area (Å²) in [6.07, 6.45) is 0. The first kappa shape index (κ1) is 8.77. The third kappa shape index (κ3) is 1.36. The Bertz CT molecular complexity index is 331. The van der Waals surface area contributed by atoms with Crippen molar-refractivity contribution in [3.8, 4) is 0 Å². The summed E-state index contributed by atoms with van der Waals surface area (Å²) in [5, 5.41) is 3.75. The number of rotatable bonds is 0. The number of aromatic nitrogens is 2. The minimum atomic E-state index is 0.191. The Morgan fingerprint density at radius 3 is 2.92 bits per heavy atom. The number of anilines is 1. The van der Waals surface area contributed by atoms with Crippen LogP contribution in [0.25, 0.3) is 0 Å². The molecule has 6 heteroatoms. The lowest BCUT2D eigenvalue weighted by Gasteiger charge is -2.01. The molecular weight excluding hydrogens is 312 g/mol. The van der Waals surface area contributed by atoms with Crippen LogP contribution in [0.4, 0.5) is 5.82 Å². The number of halogens is 3. The summed E-state index contributed by atoms with van der Waals surface area (Å²) in [4.78, 5) is 7.89. The van der Waals surface area contributed by atoms with Crippen LogP contribution in [0.3, 0.4) is 0 Å². The van der Waals surface area contributed by atoms with Crippen LogP contribution in [0.1, 0.15) is 9.49 Å². The fourth-order valence-corrected chi connectivity index (χ4v) is 2.62. The third-order valence-corrected chi connectivity index (χ3v) is 3.15. The van der Waals surface area contributed by atoms with Gasteiger partial charge < -0.3 is 5.32 Å². The second kappa shape index (κ2) is 3.16. The van der Waals surface area contributed by atoms with Gasteiger partial charge in [-0.05, 0) is 11.6 Å². The van der Waals surface area contributed by atoms with Crippen LogP contribution in [0.15, 0.2) is 0 Å². The van der Waals surface area contributed by atoms with Crippen LogP contribution < -0.4 is 5.32 Å². The second-order valence-electron chi connectivity index (χ2n) is 2.39. The van der Waals surface area contributed by atoms with E-state index in [1.165, 1.54) is 0 Å². The second-order valence-corrected chi connectivity index (χ2v) is 4.59. The Kier molecular flexibility index (Phi) is 2.31. The van der Waals surface area contributed by atoms with E-state index in [4.69, 9.17) is 23.2 Å². The highest BCUT2D eigenvalue weighted by Crippen LogP contribution is 2.38. The standard InChI is InChI=1S/C6H4Cl2IN3/c7-4-3-2(9)1-10-5(3)12-6(8)11-4/h2H,1H2,(H,10,11,12). The molecule has 2 heterocycles. The summed E-state index contributed by atoms with van der Waals surface area (Å²) in [5.74, 6) is 0.763. The molecule has 0 aliphatic carbocycles. The molecule has 0 radical (unpaired) electrons. The summed E-state index contributed by atoms with van der Waals surface area (Å²) >= 11 is 13.8. The molecule has 0 amide bonds. The zero-order valence-electron chi connectivity index (χ0n) is 5.81. The number of hydrogen-bond donors (Lipinski definition) is 1. The SMILES string of the molecule is Clc1nc(Cl)c2c(n1)NCC2I. The predicted molar refractivity (Wildman–Crippen MR) is 57.3 cm³/mol. The van der Waals surface area contributed by atoms with Gasteiger partial charge in [-0.2, -0.15) is 0 Å². The van der Waals surface area contributed by atoms with E-state index in [1.807, 2.05) is 0 Å². The zero-order valence-corrected chi connectivity index (χ0v) is 9.48. The Morgan fingerprint density at radius 1 is 1.42 bits per heavy atom. The first-order valence-electron chi connectivity index (χ1n) is 3.29. The van der Waals surface area contributed by atoms with Crippen molar-refractivity contribution in [3.63, 3.8) is 0 Å². The molecule has 0 fully saturated rings. The molecular formula is C6H4Cl2IN3. The Labute approximate surface area is 93.0 Å². The van der Waals surface area contributed by atoms with Gasteiger partial charge >= 0.3 is 0 Å². The van der Waals surface area contributed by atoms with E-state index in [9.17, 15) is 0 Å². The lowest BCUT2D eigenvalue weighted by atomic mass is 10.3. The normalized spacial score (nSPS) is 20.4. The highest BCUT2D eigenvalue weighted by molar-refractivity contribution is 14.1. The van der Waals surface area contributed by atoms with Gasteiger partial charge in [0.15, 0.2) is 0 Å². The van der Waals surface area contributed by atoms with E-state index in [2.05, 4.69) is 37.9 Å². The average molecular weight is 316 g/mol. The first-order chi connectivity index (χ1) is 5.68. The average Bonchev–Trinajstić information content (AvgIpc) is 2.31. The van der Waals surface area contributed by atoms with Crippen molar-refractivity contribution >= 4 is 51.6 Å². The van der Waals surface area contributed by atoms with E-state index in [1.54, 1.807) is 0 Å². The van der Waals surface area contributed by atoms with Gasteiger partial charge in [-0.1, -0.05) is 34.2 Å². The van der Waals surface area contributed by atoms with Crippen molar-refractivity contribution in [2.45, 2.75) is 3.92 Å². The maximum absolute atomic E-state index is 5.89. The minimum Gasteiger partial charge on any atom is -0.368 e. The molecule has 2 rings (SSSR count). The summed E-state index contributed by atoms with van der Waals surface area (Å²) in [5.41, 5.74) is 0.960. The van der Waals surface area contributed by atoms with Gasteiger partial charge in [0.2, 0.25) is 5.28 Å². The largest absolute Gasteiger partial charge is 0.368 e. The Balaban J connectivity index is 2.60. The van der Waals surface area contributed by atoms with Gasteiger partial charge in [0.25, 0.3) is 0 Å². The van der Waals surface area contributed by atoms with Crippen molar-refractivity contribution < 1.29 is 0 Å². The van der Waals surface area contributed by atoms with E-state index in [0.717, 1.165) is 17.9 Å². The van der Waals surface area contributed by atoms with Crippen molar-refractivity contribution in [2.75, 3.05) is 11.9 Å². The minimum absolute atomic E-state index is 0.191. The summed E-state index contributed by atoms with van der Waals surface area (Å²) in [7, 11) is 0. The van der Waals surface area contributed by atoms with Crippen LogP contribution in [0.2, 0.25) is 10.4 Å². The molecule has 0 aromatic carbocycles. The lowest BCUT2D eigenvalue weighted by Crippen LogP contribution is -1.94. The van der Waals surface area contributed by atoms with Crippen LogP contribution in [0.5, 0.6) is 0 Å². The summed E-state index contributed by atoms with van der Waals surface area (Å²) < 4.78 is 0.336. The van der Waals surface area contributed by atoms with E-state index < -0.39 is 0 Å². The van der Waals surface area contributed by atoms with Gasteiger partial charge in [-0.15, -0.1) is 0 Å². The van der Waals surface area contributed by atoms with Gasteiger partial charge in [0.1, 0.15) is 11.0 Å². The molecule has 1 atom stereocenters. The van der Waals surface area contributed by atoms with Crippen LogP contribution in [-0.2, 0) is 0 Å². The fraction of sp³-hybridized carbons (Fsp3) is 0.333. The maximum Gasteiger partial charge on any atom is 0.225 e. The number of nitrogens with zero attached hydrogens (tertiary/aromatic N) is 2. The highest BCUT2D eigenvalue weighted by Gasteiger charge is 2.25. The number of hydrogen-bond acceptors (Lipinski definition) is 3. The van der Waals surface area contributed by atoms with Gasteiger partial charge in [-0.3, -0.25) is 0 Å². The highest BCUT2D eigenvalue weighted by atomic mass is 127. The quantitative estimate of drug-likeness (QED) is 0.346. The lowest BCUT2D eigenvalue weighted by molar-refractivity contribution is 1.09. The molecule has 1 unspecified atom stereocenters. The van der Waals surface area contributed by atoms with Crippen molar-refractivity contribution in [1.29, 1.82) is 0 Å². The number of nitrogens with one attached hydrogen (secondary N) is 1. The molecule has 1 aromatic rings. The number of alkyl halides is 1. The van der Waals surface area contributed by atoms with Crippen LogP contribution in [0, 0.1) is 0 Å². The molecule has 1 aliphatic rings. The third-order valence-electron chi connectivity index (χ3n) is 1.63. The molecule has 0 bridgehead atoms. The van der Waals surface area contributed by atoms with Crippen LogP contribution >= 0.6 is 45.8 Å². The number of fused-ring (bicyclic) bond motifs is 1. The molecule has 1 N–H and O–H groups in total. The maximum atomic E-state index is 5.89. The van der Waals surface area contributed by atoms with Crippen molar-refractivity contribution in [2.24, 2.45) is 0 Å². The van der Waals surface area contributed by atoms with E-state index >= 15 is 0 Å². The van der Waals surface area contributed by atoms with Gasteiger partial charge in [-0.25, -0.2) is 9.97 Å². The Hall–Kier alpha value is 0.190. The smallest absolute Gasteiger partial charge is 0.225 e. The van der Waals surface area contributed by atoms with Crippen molar-refractivity contribution in [1.82, 2.24) is 9.97 Å². The zero-order chi connectivity index (χ0) is 8.72. The molecule has 1 aromatic heterocycles. The molecule has 0 spiro atoms. The monoisotopic (exact) mass is 315 g/mol. The Morgan fingerprint density at radius 2 is 2.17 bits per heavy atom. The molecule has 3 nitrogen and oxygen atoms in total. The summed E-state index contributed by atoms with van der Waals surface area (Å²) in [6.45, 7) is 0.838. The molecule has 12 heavy (non-hydrogen) atoms.